The van der Waals surface area contributed by atoms with E-state index < -0.39 is 0 Å². The second-order valence-corrected chi connectivity index (χ2v) is 9.73. The second kappa shape index (κ2) is 10.4. The quantitative estimate of drug-likeness (QED) is 0.237. The highest BCUT2D eigenvalue weighted by Gasteiger charge is 2.37. The summed E-state index contributed by atoms with van der Waals surface area (Å²) in [6.45, 7) is 4.68. The van der Waals surface area contributed by atoms with Gasteiger partial charge in [-0.25, -0.2) is 4.68 Å². The topological polar surface area (TPSA) is 56.5 Å². The third-order valence-electron chi connectivity index (χ3n) is 5.74. The Bertz CT molecular complexity index is 1290. The number of ether oxygens (including phenoxy) is 1. The molecule has 8 heteroatoms. The maximum atomic E-state index is 13.4. The van der Waals surface area contributed by atoms with E-state index in [0.29, 0.717) is 21.5 Å². The molecule has 6 nitrogen and oxygen atoms in total. The number of thiocarbonyl (C=S) groups is 1. The predicted molar refractivity (Wildman–Crippen MR) is 143 cm³/mol. The van der Waals surface area contributed by atoms with Gasteiger partial charge in [0.2, 0.25) is 0 Å². The van der Waals surface area contributed by atoms with Crippen molar-refractivity contribution >= 4 is 46.0 Å². The molecular formula is C26H27N3O3S2. The van der Waals surface area contributed by atoms with Crippen LogP contribution in [0.25, 0.3) is 11.8 Å². The van der Waals surface area contributed by atoms with Gasteiger partial charge in [0.25, 0.3) is 11.5 Å². The van der Waals surface area contributed by atoms with Crippen LogP contribution in [0, 0.1) is 6.92 Å². The average molecular weight is 494 g/mol. The normalized spacial score (nSPS) is 14.9. The van der Waals surface area contributed by atoms with Crippen LogP contribution >= 0.6 is 24.0 Å². The van der Waals surface area contributed by atoms with Gasteiger partial charge in [0.15, 0.2) is 4.32 Å². The summed E-state index contributed by atoms with van der Waals surface area (Å²) in [7, 11) is 1.80. The average Bonchev–Trinajstić information content (AvgIpc) is 3.23. The number of benzene rings is 2. The molecule has 0 saturated carbocycles. The fourth-order valence-corrected chi connectivity index (χ4v) is 5.10. The van der Waals surface area contributed by atoms with E-state index in [9.17, 15) is 9.59 Å². The summed E-state index contributed by atoms with van der Waals surface area (Å²) in [6.07, 6.45) is 5.14. The van der Waals surface area contributed by atoms with Crippen LogP contribution in [-0.4, -0.2) is 26.2 Å². The molecule has 0 bridgehead atoms. The van der Waals surface area contributed by atoms with Crippen molar-refractivity contribution in [1.29, 1.82) is 0 Å². The van der Waals surface area contributed by atoms with Crippen LogP contribution < -0.4 is 15.2 Å². The lowest BCUT2D eigenvalue weighted by Gasteiger charge is -2.12. The summed E-state index contributed by atoms with van der Waals surface area (Å²) >= 11 is 6.72. The molecule has 1 aliphatic rings. The molecular weight excluding hydrogens is 466 g/mol. The van der Waals surface area contributed by atoms with Crippen molar-refractivity contribution in [2.75, 3.05) is 11.5 Å². The van der Waals surface area contributed by atoms with Crippen LogP contribution in [0.4, 0.5) is 5.69 Å². The van der Waals surface area contributed by atoms with Gasteiger partial charge in [-0.05, 0) is 49.2 Å². The first-order valence-electron chi connectivity index (χ1n) is 11.3. The number of carbonyl (C=O) groups excluding carboxylic acids is 1. The summed E-state index contributed by atoms with van der Waals surface area (Å²) in [5, 5.41) is 0. The standard InChI is InChI=1S/C26H27N3O3S2/c1-4-5-9-16-32-21-14-12-19(13-15-21)17-22-24(30)28(26(33)34-22)23-18(2)27(3)29(25(23)31)20-10-7-6-8-11-20/h6-8,10-15,17H,4-5,9,16H2,1-3H3. The molecule has 0 atom stereocenters. The van der Waals surface area contributed by atoms with Crippen LogP contribution in [0.2, 0.25) is 0 Å². The van der Waals surface area contributed by atoms with Gasteiger partial charge in [-0.3, -0.25) is 19.2 Å². The number of rotatable bonds is 8. The van der Waals surface area contributed by atoms with Crippen LogP contribution in [0.1, 0.15) is 37.4 Å². The van der Waals surface area contributed by atoms with Crippen LogP contribution in [0.15, 0.2) is 64.3 Å². The number of nitrogens with zero attached hydrogens (tertiary/aromatic N) is 3. The molecule has 34 heavy (non-hydrogen) atoms. The highest BCUT2D eigenvalue weighted by molar-refractivity contribution is 8.27. The van der Waals surface area contributed by atoms with Gasteiger partial charge >= 0.3 is 0 Å². The number of anilines is 1. The van der Waals surface area contributed by atoms with Gasteiger partial charge in [-0.1, -0.05) is 74.1 Å². The van der Waals surface area contributed by atoms with Crippen molar-refractivity contribution in [3.63, 3.8) is 0 Å². The Kier molecular flexibility index (Phi) is 7.38. The van der Waals surface area contributed by atoms with Crippen LogP contribution in [-0.2, 0) is 11.8 Å². The summed E-state index contributed by atoms with van der Waals surface area (Å²) in [5.74, 6) is 0.517. The molecule has 1 aliphatic heterocycles. The van der Waals surface area contributed by atoms with E-state index in [1.165, 1.54) is 16.7 Å². The molecule has 0 unspecified atom stereocenters. The summed E-state index contributed by atoms with van der Waals surface area (Å²) < 4.78 is 9.40. The van der Waals surface area contributed by atoms with Crippen molar-refractivity contribution in [2.45, 2.75) is 33.1 Å². The molecule has 1 saturated heterocycles. The molecule has 0 aliphatic carbocycles. The lowest BCUT2D eigenvalue weighted by molar-refractivity contribution is -0.113. The second-order valence-electron chi connectivity index (χ2n) is 8.05. The number of hydrogen-bond acceptors (Lipinski definition) is 5. The molecule has 0 N–H and O–H groups in total. The summed E-state index contributed by atoms with van der Waals surface area (Å²) in [5.41, 5.74) is 2.26. The molecule has 0 radical (unpaired) electrons. The SMILES string of the molecule is CCCCCOc1ccc(C=C2SC(=S)N(c3c(C)n(C)n(-c4ccccc4)c3=O)C2=O)cc1. The van der Waals surface area contributed by atoms with E-state index in [2.05, 4.69) is 6.92 Å². The minimum absolute atomic E-state index is 0.284. The maximum Gasteiger partial charge on any atom is 0.296 e. The smallest absolute Gasteiger partial charge is 0.296 e. The molecule has 176 valence electrons. The largest absolute Gasteiger partial charge is 0.494 e. The van der Waals surface area contributed by atoms with Gasteiger partial charge in [-0.2, -0.15) is 0 Å². The number of aromatic nitrogens is 2. The Labute approximate surface area is 208 Å². The van der Waals surface area contributed by atoms with E-state index in [-0.39, 0.29) is 17.2 Å². The zero-order valence-corrected chi connectivity index (χ0v) is 21.1. The maximum absolute atomic E-state index is 13.4. The fourth-order valence-electron chi connectivity index (χ4n) is 3.83. The monoisotopic (exact) mass is 493 g/mol. The first-order chi connectivity index (χ1) is 16.4. The highest BCUT2D eigenvalue weighted by atomic mass is 32.2. The third kappa shape index (κ3) is 4.74. The molecule has 2 heterocycles. The summed E-state index contributed by atoms with van der Waals surface area (Å²) in [4.78, 5) is 28.5. The molecule has 1 fully saturated rings. The first kappa shape index (κ1) is 24.0. The lowest BCUT2D eigenvalue weighted by Crippen LogP contribution is -2.33. The van der Waals surface area contributed by atoms with Gasteiger partial charge in [-0.15, -0.1) is 0 Å². The van der Waals surface area contributed by atoms with Gasteiger partial charge in [0, 0.05) is 7.05 Å². The number of thioether (sulfide) groups is 1. The Morgan fingerprint density at radius 1 is 1.03 bits per heavy atom. The van der Waals surface area contributed by atoms with Crippen molar-refractivity contribution in [3.05, 3.63) is 81.1 Å². The molecule has 4 rings (SSSR count). The van der Waals surface area contributed by atoms with Gasteiger partial charge < -0.3 is 4.74 Å². The van der Waals surface area contributed by atoms with Crippen molar-refractivity contribution in [2.24, 2.45) is 7.05 Å². The molecule has 0 spiro atoms. The Morgan fingerprint density at radius 3 is 2.41 bits per heavy atom. The minimum atomic E-state index is -0.291. The molecule has 2 aromatic carbocycles. The van der Waals surface area contributed by atoms with Crippen molar-refractivity contribution in [1.82, 2.24) is 9.36 Å². The zero-order chi connectivity index (χ0) is 24.2. The Morgan fingerprint density at radius 2 is 1.74 bits per heavy atom. The minimum Gasteiger partial charge on any atom is -0.494 e. The predicted octanol–water partition coefficient (Wildman–Crippen LogP) is 5.46. The number of carbonyl (C=O) groups is 1. The van der Waals surface area contributed by atoms with E-state index in [4.69, 9.17) is 17.0 Å². The Balaban J connectivity index is 1.58. The highest BCUT2D eigenvalue weighted by Crippen LogP contribution is 2.36. The number of amides is 1. The number of unbranched alkanes of at least 4 members (excludes halogenated alkanes) is 2. The zero-order valence-electron chi connectivity index (χ0n) is 19.5. The third-order valence-corrected chi connectivity index (χ3v) is 7.04. The van der Waals surface area contributed by atoms with Crippen molar-refractivity contribution < 1.29 is 9.53 Å². The molecule has 3 aromatic rings. The number of hydrogen-bond donors (Lipinski definition) is 0. The van der Waals surface area contributed by atoms with E-state index in [0.717, 1.165) is 36.3 Å². The fraction of sp³-hybridized carbons (Fsp3) is 0.269. The summed E-state index contributed by atoms with van der Waals surface area (Å²) in [6, 6.07) is 17.0. The van der Waals surface area contributed by atoms with Crippen LogP contribution in [0.3, 0.4) is 0 Å². The van der Waals surface area contributed by atoms with Crippen molar-refractivity contribution in [3.8, 4) is 11.4 Å². The van der Waals surface area contributed by atoms with E-state index in [1.54, 1.807) is 22.5 Å². The van der Waals surface area contributed by atoms with E-state index >= 15 is 0 Å². The molecule has 1 amide bonds. The number of para-hydroxylation sites is 1. The lowest BCUT2D eigenvalue weighted by atomic mass is 10.2. The first-order valence-corrected chi connectivity index (χ1v) is 12.5. The Hall–Kier alpha value is -3.10. The van der Waals surface area contributed by atoms with Gasteiger partial charge in [0.1, 0.15) is 11.4 Å². The van der Waals surface area contributed by atoms with Crippen LogP contribution in [0.5, 0.6) is 5.75 Å². The van der Waals surface area contributed by atoms with E-state index in [1.807, 2.05) is 61.5 Å². The van der Waals surface area contributed by atoms with Gasteiger partial charge in [0.05, 0.1) is 22.9 Å². The molecule has 1 aromatic heterocycles.